The summed E-state index contributed by atoms with van der Waals surface area (Å²) in [5, 5.41) is 13.8. The lowest BCUT2D eigenvalue weighted by Crippen LogP contribution is -2.45. The van der Waals surface area contributed by atoms with Gasteiger partial charge in [-0.05, 0) is 57.8 Å². The van der Waals surface area contributed by atoms with E-state index in [-0.39, 0.29) is 12.5 Å². The highest BCUT2D eigenvalue weighted by Crippen LogP contribution is 2.38. The van der Waals surface area contributed by atoms with Gasteiger partial charge >= 0.3 is 0 Å². The normalized spacial score (nSPS) is 14.5. The van der Waals surface area contributed by atoms with Crippen LogP contribution in [0.15, 0.2) is 60.8 Å². The summed E-state index contributed by atoms with van der Waals surface area (Å²) in [6, 6.07) is -0.902. The first kappa shape index (κ1) is 62.2. The minimum atomic E-state index is -4.60. The van der Waals surface area contributed by atoms with Gasteiger partial charge in [-0.25, -0.2) is 0 Å². The van der Waals surface area contributed by atoms with Gasteiger partial charge in [0, 0.05) is 6.42 Å². The van der Waals surface area contributed by atoms with Crippen LogP contribution in [0.1, 0.15) is 232 Å². The van der Waals surface area contributed by atoms with Crippen LogP contribution in [0.4, 0.5) is 0 Å². The van der Waals surface area contributed by atoms with Crippen molar-refractivity contribution in [2.45, 2.75) is 244 Å². The van der Waals surface area contributed by atoms with Gasteiger partial charge in [-0.1, -0.05) is 229 Å². The highest BCUT2D eigenvalue weighted by molar-refractivity contribution is 7.45. The zero-order chi connectivity index (χ0) is 47.1. The number of quaternary nitrogens is 1. The number of nitrogens with zero attached hydrogens (tertiary/aromatic N) is 1. The van der Waals surface area contributed by atoms with Crippen molar-refractivity contribution in [3.63, 3.8) is 0 Å². The summed E-state index contributed by atoms with van der Waals surface area (Å²) in [7, 11) is 1.24. The molecule has 8 nitrogen and oxygen atoms in total. The predicted molar refractivity (Wildman–Crippen MR) is 274 cm³/mol. The summed E-state index contributed by atoms with van der Waals surface area (Å²) in [4.78, 5) is 25.4. The number of nitrogens with one attached hydrogen (secondary N) is 1. The molecule has 0 aliphatic heterocycles. The van der Waals surface area contributed by atoms with Crippen LogP contribution < -0.4 is 10.2 Å². The van der Waals surface area contributed by atoms with Crippen molar-refractivity contribution in [1.82, 2.24) is 5.32 Å². The maximum absolute atomic E-state index is 12.9. The largest absolute Gasteiger partial charge is 0.756 e. The summed E-state index contributed by atoms with van der Waals surface area (Å²) in [6.45, 7) is 4.53. The number of phosphoric acid groups is 1. The van der Waals surface area contributed by atoms with Crippen molar-refractivity contribution < 1.29 is 32.9 Å². The summed E-state index contributed by atoms with van der Waals surface area (Å²) >= 11 is 0. The number of aliphatic hydroxyl groups excluding tert-OH is 1. The van der Waals surface area contributed by atoms with Gasteiger partial charge in [0.05, 0.1) is 39.9 Å². The van der Waals surface area contributed by atoms with E-state index in [0.717, 1.165) is 77.0 Å². The molecule has 0 heterocycles. The molecule has 0 radical (unpaired) electrons. The maximum Gasteiger partial charge on any atom is 0.268 e. The number of allylic oxidation sites excluding steroid dienone is 9. The number of likely N-dealkylation sites (N-methyl/N-ethyl adjacent to an activating group) is 1. The third-order valence-electron chi connectivity index (χ3n) is 11.7. The molecule has 0 rings (SSSR count). The van der Waals surface area contributed by atoms with E-state index in [1.54, 1.807) is 6.08 Å². The fourth-order valence-corrected chi connectivity index (χ4v) is 8.28. The van der Waals surface area contributed by atoms with Crippen molar-refractivity contribution in [2.75, 3.05) is 40.9 Å². The molecule has 0 aromatic rings. The van der Waals surface area contributed by atoms with Crippen molar-refractivity contribution in [3.8, 4) is 0 Å². The van der Waals surface area contributed by atoms with Crippen LogP contribution in [0.2, 0.25) is 0 Å². The van der Waals surface area contributed by atoms with Gasteiger partial charge in [-0.2, -0.15) is 0 Å². The Hall–Kier alpha value is -1.80. The van der Waals surface area contributed by atoms with Crippen LogP contribution in [0, 0.1) is 0 Å². The van der Waals surface area contributed by atoms with Gasteiger partial charge in [0.2, 0.25) is 5.91 Å². The quantitative estimate of drug-likeness (QED) is 0.0272. The molecule has 9 heteroatoms. The topological polar surface area (TPSA) is 108 Å². The molecule has 64 heavy (non-hydrogen) atoms. The Balaban J connectivity index is 4.28. The summed E-state index contributed by atoms with van der Waals surface area (Å²) < 4.78 is 23.3. The van der Waals surface area contributed by atoms with Gasteiger partial charge in [0.25, 0.3) is 7.82 Å². The first-order valence-corrected chi connectivity index (χ1v) is 28.1. The van der Waals surface area contributed by atoms with E-state index in [1.807, 2.05) is 27.2 Å². The van der Waals surface area contributed by atoms with E-state index in [0.29, 0.717) is 17.4 Å². The lowest BCUT2D eigenvalue weighted by molar-refractivity contribution is -0.870. The molecule has 0 bridgehead atoms. The molecule has 3 unspecified atom stereocenters. The van der Waals surface area contributed by atoms with Gasteiger partial charge in [0.1, 0.15) is 13.2 Å². The molecule has 0 aromatic carbocycles. The Morgan fingerprint density at radius 3 is 1.39 bits per heavy atom. The number of hydrogen-bond donors (Lipinski definition) is 2. The van der Waals surface area contributed by atoms with Gasteiger partial charge in [0.15, 0.2) is 0 Å². The van der Waals surface area contributed by atoms with E-state index < -0.39 is 26.6 Å². The average Bonchev–Trinajstić information content (AvgIpc) is 3.25. The standard InChI is InChI=1S/C55H103N2O6P/c1-6-8-10-12-14-16-18-20-22-24-25-26-27-28-29-30-31-33-34-36-38-40-42-44-46-48-54(58)53(52-63-64(60,61)62-51-50-57(3,4)5)56-55(59)49-47-45-43-41-39-37-35-32-23-21-19-17-15-13-11-9-7-2/h9,11,15,17,21,23,35,37,46,48,53-54,58H,6-8,10,12-14,16,18-20,22,24-34,36,38-45,47,49-52H2,1-5H3,(H-,56,59,60,61)/b11-9-,17-15-,23-21-,37-35-,48-46+. The van der Waals surface area contributed by atoms with Crippen molar-refractivity contribution in [1.29, 1.82) is 0 Å². The first-order valence-electron chi connectivity index (χ1n) is 26.7. The van der Waals surface area contributed by atoms with Crippen LogP contribution in [0.5, 0.6) is 0 Å². The number of hydrogen-bond acceptors (Lipinski definition) is 6. The van der Waals surface area contributed by atoms with Crippen LogP contribution in [0.3, 0.4) is 0 Å². The fraction of sp³-hybridized carbons (Fsp3) is 0.800. The minimum absolute atomic E-state index is 0.00833. The molecule has 0 aliphatic rings. The Morgan fingerprint density at radius 2 is 0.953 bits per heavy atom. The van der Waals surface area contributed by atoms with Crippen molar-refractivity contribution >= 4 is 13.7 Å². The Bertz CT molecular complexity index is 1230. The van der Waals surface area contributed by atoms with E-state index in [2.05, 4.69) is 67.8 Å². The second-order valence-electron chi connectivity index (χ2n) is 19.2. The lowest BCUT2D eigenvalue weighted by atomic mass is 10.0. The first-order chi connectivity index (χ1) is 31.0. The van der Waals surface area contributed by atoms with E-state index in [1.165, 1.54) is 135 Å². The summed E-state index contributed by atoms with van der Waals surface area (Å²) in [6.07, 6.45) is 61.5. The lowest BCUT2D eigenvalue weighted by Gasteiger charge is -2.29. The van der Waals surface area contributed by atoms with Crippen LogP contribution in [-0.4, -0.2) is 68.5 Å². The number of rotatable bonds is 48. The summed E-state index contributed by atoms with van der Waals surface area (Å²) in [5.74, 6) is -0.221. The molecule has 0 aromatic heterocycles. The number of carbonyl (C=O) groups excluding carboxylic acids is 1. The third kappa shape index (κ3) is 48.1. The number of carbonyl (C=O) groups is 1. The zero-order valence-corrected chi connectivity index (χ0v) is 43.4. The molecule has 0 saturated heterocycles. The van der Waals surface area contributed by atoms with Gasteiger partial charge in [-0.3, -0.25) is 9.36 Å². The molecule has 2 N–H and O–H groups in total. The smallest absolute Gasteiger partial charge is 0.268 e. The van der Waals surface area contributed by atoms with Gasteiger partial charge in [-0.15, -0.1) is 0 Å². The van der Waals surface area contributed by atoms with Crippen LogP contribution >= 0.6 is 7.82 Å². The molecule has 0 saturated carbocycles. The summed E-state index contributed by atoms with van der Waals surface area (Å²) in [5.41, 5.74) is 0. The number of aliphatic hydroxyl groups is 1. The number of phosphoric ester groups is 1. The number of unbranched alkanes of at least 4 members (excludes halogenated alkanes) is 27. The maximum atomic E-state index is 12.9. The van der Waals surface area contributed by atoms with E-state index in [4.69, 9.17) is 9.05 Å². The molecule has 0 spiro atoms. The minimum Gasteiger partial charge on any atom is -0.756 e. The average molecular weight is 919 g/mol. The predicted octanol–water partition coefficient (Wildman–Crippen LogP) is 15.1. The Morgan fingerprint density at radius 1 is 0.562 bits per heavy atom. The third-order valence-corrected chi connectivity index (χ3v) is 12.7. The second-order valence-corrected chi connectivity index (χ2v) is 20.6. The molecular weight excluding hydrogens is 816 g/mol. The zero-order valence-electron chi connectivity index (χ0n) is 42.5. The molecular formula is C55H103N2O6P. The van der Waals surface area contributed by atoms with Crippen molar-refractivity contribution in [3.05, 3.63) is 60.8 Å². The molecule has 0 fully saturated rings. The molecule has 3 atom stereocenters. The Labute approximate surface area is 396 Å². The fourth-order valence-electron chi connectivity index (χ4n) is 7.56. The molecule has 374 valence electrons. The van der Waals surface area contributed by atoms with E-state index in [9.17, 15) is 19.4 Å². The SMILES string of the molecule is CC/C=C\C/C=C\C/C=C\C/C=C\CCCCCCC(=O)NC(COP(=O)([O-])OCC[N+](C)(C)C)C(O)/C=C/CCCCCCCCCCCCCCCCCCCCCCCCC. The van der Waals surface area contributed by atoms with Crippen LogP contribution in [0.25, 0.3) is 0 Å². The monoisotopic (exact) mass is 919 g/mol. The van der Waals surface area contributed by atoms with Crippen LogP contribution in [-0.2, 0) is 18.4 Å². The number of amides is 1. The highest BCUT2D eigenvalue weighted by Gasteiger charge is 2.23. The van der Waals surface area contributed by atoms with E-state index >= 15 is 0 Å². The Kier molecular flexibility index (Phi) is 45.0. The molecule has 1 amide bonds. The van der Waals surface area contributed by atoms with Crippen molar-refractivity contribution in [2.24, 2.45) is 0 Å². The second kappa shape index (κ2) is 46.3. The van der Waals surface area contributed by atoms with Gasteiger partial charge < -0.3 is 28.8 Å². The molecule has 0 aliphatic carbocycles. The highest BCUT2D eigenvalue weighted by atomic mass is 31.2.